The minimum absolute atomic E-state index is 0.447. The summed E-state index contributed by atoms with van der Waals surface area (Å²) in [6.07, 6.45) is 0. The third-order valence-corrected chi connectivity index (χ3v) is 10.8. The van der Waals surface area contributed by atoms with Gasteiger partial charge in [-0.05, 0) is 74.2 Å². The van der Waals surface area contributed by atoms with E-state index in [9.17, 15) is 0 Å². The lowest BCUT2D eigenvalue weighted by Crippen LogP contribution is -2.32. The van der Waals surface area contributed by atoms with Gasteiger partial charge in [-0.25, -0.2) is 0 Å². The summed E-state index contributed by atoms with van der Waals surface area (Å²) in [7, 11) is 0. The largest absolute Gasteiger partial charge is 0.457 e. The Labute approximate surface area is 283 Å². The maximum absolute atomic E-state index is 6.75. The third kappa shape index (κ3) is 3.55. The molecule has 0 saturated heterocycles. The highest BCUT2D eigenvalue weighted by Gasteiger charge is 2.50. The smallest absolute Gasteiger partial charge is 0.143 e. The highest BCUT2D eigenvalue weighted by molar-refractivity contribution is 6.19. The Morgan fingerprint density at radius 1 is 0.388 bits per heavy atom. The van der Waals surface area contributed by atoms with E-state index in [-0.39, 0.29) is 0 Å². The minimum Gasteiger partial charge on any atom is -0.457 e. The quantitative estimate of drug-likeness (QED) is 0.191. The fraction of sp³-hybridized carbons (Fsp3) is 0.0213. The van der Waals surface area contributed by atoms with E-state index in [2.05, 4.69) is 170 Å². The van der Waals surface area contributed by atoms with E-state index in [1.807, 2.05) is 0 Å². The Bertz CT molecular complexity index is 2760. The Kier molecular flexibility index (Phi) is 5.34. The molecule has 0 radical (unpaired) electrons. The molecule has 8 aromatic carbocycles. The number of benzene rings is 8. The summed E-state index contributed by atoms with van der Waals surface area (Å²) >= 11 is 0. The van der Waals surface area contributed by atoms with E-state index in [1.54, 1.807) is 0 Å². The lowest BCUT2D eigenvalue weighted by atomic mass is 9.66. The zero-order valence-electron chi connectivity index (χ0n) is 26.5. The molecule has 228 valence electrons. The van der Waals surface area contributed by atoms with Crippen LogP contribution in [0.5, 0.6) is 11.5 Å². The van der Waals surface area contributed by atoms with Gasteiger partial charge < -0.3 is 9.15 Å². The third-order valence-electron chi connectivity index (χ3n) is 10.8. The number of para-hydroxylation sites is 1. The molecule has 2 heteroatoms. The average molecular weight is 625 g/mol. The molecule has 0 fully saturated rings. The zero-order chi connectivity index (χ0) is 32.1. The highest BCUT2D eigenvalue weighted by atomic mass is 16.5. The van der Waals surface area contributed by atoms with E-state index in [4.69, 9.17) is 9.15 Å². The number of hydrogen-bond acceptors (Lipinski definition) is 2. The second-order valence-corrected chi connectivity index (χ2v) is 13.2. The standard InChI is InChI=1S/C47H28O2/c1-2-11-34-30(10-1)24-26-37-45-33(14-9-19-43(45)49-46(34)37)31-22-20-29(21-23-31)32-25-27-41-44(28-32)48-42-18-8-7-17-40(42)47(41)38-15-5-3-12-35(38)36-13-4-6-16-39(36)47/h1-28H. The van der Waals surface area contributed by atoms with Crippen molar-refractivity contribution in [2.75, 3.05) is 0 Å². The van der Waals surface area contributed by atoms with Crippen molar-refractivity contribution in [3.8, 4) is 44.9 Å². The van der Waals surface area contributed by atoms with Crippen molar-refractivity contribution >= 4 is 32.7 Å². The zero-order valence-corrected chi connectivity index (χ0v) is 26.5. The maximum Gasteiger partial charge on any atom is 0.143 e. The van der Waals surface area contributed by atoms with E-state index < -0.39 is 5.41 Å². The van der Waals surface area contributed by atoms with Crippen LogP contribution >= 0.6 is 0 Å². The molecule has 0 bridgehead atoms. The second kappa shape index (κ2) is 9.82. The first-order valence-corrected chi connectivity index (χ1v) is 16.8. The van der Waals surface area contributed by atoms with Crippen LogP contribution in [0.15, 0.2) is 174 Å². The number of hydrogen-bond donors (Lipinski definition) is 0. The van der Waals surface area contributed by atoms with Gasteiger partial charge in [0.1, 0.15) is 22.7 Å². The molecule has 2 nitrogen and oxygen atoms in total. The summed E-state index contributed by atoms with van der Waals surface area (Å²) in [5.41, 5.74) is 13.5. The van der Waals surface area contributed by atoms with Crippen molar-refractivity contribution in [3.63, 3.8) is 0 Å². The van der Waals surface area contributed by atoms with Gasteiger partial charge in [-0.1, -0.05) is 146 Å². The molecule has 11 rings (SSSR count). The minimum atomic E-state index is -0.447. The topological polar surface area (TPSA) is 22.4 Å². The van der Waals surface area contributed by atoms with Crippen molar-refractivity contribution < 1.29 is 9.15 Å². The van der Waals surface area contributed by atoms with Gasteiger partial charge in [0.05, 0.1) is 5.41 Å². The maximum atomic E-state index is 6.75. The van der Waals surface area contributed by atoms with Gasteiger partial charge in [-0.3, -0.25) is 0 Å². The predicted molar refractivity (Wildman–Crippen MR) is 199 cm³/mol. The van der Waals surface area contributed by atoms with Gasteiger partial charge in [-0.15, -0.1) is 0 Å². The van der Waals surface area contributed by atoms with E-state index in [0.29, 0.717) is 0 Å². The van der Waals surface area contributed by atoms with Gasteiger partial charge >= 0.3 is 0 Å². The summed E-state index contributed by atoms with van der Waals surface area (Å²) in [4.78, 5) is 0. The molecule has 0 N–H and O–H groups in total. The molecular weight excluding hydrogens is 597 g/mol. The first-order chi connectivity index (χ1) is 24.3. The molecule has 0 saturated carbocycles. The van der Waals surface area contributed by atoms with Crippen LogP contribution < -0.4 is 4.74 Å². The van der Waals surface area contributed by atoms with Crippen LogP contribution in [0.4, 0.5) is 0 Å². The van der Waals surface area contributed by atoms with Crippen LogP contribution in [0.1, 0.15) is 22.3 Å². The Hall–Kier alpha value is -6.38. The van der Waals surface area contributed by atoms with E-state index >= 15 is 0 Å². The molecule has 1 aliphatic carbocycles. The molecule has 0 amide bonds. The Balaban J connectivity index is 1.05. The molecule has 1 aromatic heterocycles. The van der Waals surface area contributed by atoms with Gasteiger partial charge in [-0.2, -0.15) is 0 Å². The van der Waals surface area contributed by atoms with Crippen molar-refractivity contribution in [2.45, 2.75) is 5.41 Å². The predicted octanol–water partition coefficient (Wildman–Crippen LogP) is 12.5. The fourth-order valence-corrected chi connectivity index (χ4v) is 8.68. The monoisotopic (exact) mass is 624 g/mol. The number of ether oxygens (including phenoxy) is 1. The molecule has 49 heavy (non-hydrogen) atoms. The lowest BCUT2D eigenvalue weighted by molar-refractivity contribution is 0.436. The summed E-state index contributed by atoms with van der Waals surface area (Å²) in [5, 5.41) is 4.62. The van der Waals surface area contributed by atoms with Crippen molar-refractivity contribution in [2.24, 2.45) is 0 Å². The summed E-state index contributed by atoms with van der Waals surface area (Å²) in [6, 6.07) is 61.1. The summed E-state index contributed by atoms with van der Waals surface area (Å²) in [6.45, 7) is 0. The van der Waals surface area contributed by atoms with Gasteiger partial charge in [0, 0.05) is 27.3 Å². The van der Waals surface area contributed by atoms with Crippen molar-refractivity contribution in [3.05, 3.63) is 192 Å². The summed E-state index contributed by atoms with van der Waals surface area (Å²) in [5.74, 6) is 1.80. The normalized spacial score (nSPS) is 13.6. The van der Waals surface area contributed by atoms with Crippen molar-refractivity contribution in [1.82, 2.24) is 0 Å². The molecule has 2 heterocycles. The molecule has 9 aromatic rings. The van der Waals surface area contributed by atoms with Gasteiger partial charge in [0.2, 0.25) is 0 Å². The van der Waals surface area contributed by atoms with Crippen LogP contribution in [-0.4, -0.2) is 0 Å². The van der Waals surface area contributed by atoms with Gasteiger partial charge in [0.15, 0.2) is 0 Å². The first kappa shape index (κ1) is 26.7. The average Bonchev–Trinajstić information content (AvgIpc) is 3.70. The molecule has 0 atom stereocenters. The highest BCUT2D eigenvalue weighted by Crippen LogP contribution is 2.62. The lowest BCUT2D eigenvalue weighted by Gasteiger charge is -2.39. The Morgan fingerprint density at radius 3 is 1.84 bits per heavy atom. The molecule has 1 aliphatic heterocycles. The number of rotatable bonds is 2. The fourth-order valence-electron chi connectivity index (χ4n) is 8.68. The molecular formula is C47H28O2. The van der Waals surface area contributed by atoms with Crippen LogP contribution in [0, 0.1) is 0 Å². The van der Waals surface area contributed by atoms with Crippen molar-refractivity contribution in [1.29, 1.82) is 0 Å². The van der Waals surface area contributed by atoms with Crippen LogP contribution in [0.2, 0.25) is 0 Å². The Morgan fingerprint density at radius 2 is 1.02 bits per heavy atom. The molecule has 0 unspecified atom stereocenters. The first-order valence-electron chi connectivity index (χ1n) is 16.8. The number of fused-ring (bicyclic) bond motifs is 14. The van der Waals surface area contributed by atoms with Crippen LogP contribution in [0.3, 0.4) is 0 Å². The van der Waals surface area contributed by atoms with E-state index in [1.165, 1.54) is 44.3 Å². The summed E-state index contributed by atoms with van der Waals surface area (Å²) < 4.78 is 13.2. The molecule has 1 spiro atoms. The van der Waals surface area contributed by atoms with Crippen LogP contribution in [0.25, 0.3) is 66.1 Å². The molecule has 2 aliphatic rings. The number of furan rings is 1. The second-order valence-electron chi connectivity index (χ2n) is 13.2. The SMILES string of the molecule is c1ccc2c(c1)Oc1cc(-c3ccc(-c4cccc5oc6c7ccccc7ccc6c45)cc3)ccc1C21c2ccccc2-c2ccccc21. The van der Waals surface area contributed by atoms with E-state index in [0.717, 1.165) is 55.5 Å². The van der Waals surface area contributed by atoms with Crippen LogP contribution in [-0.2, 0) is 5.41 Å². The van der Waals surface area contributed by atoms with Gasteiger partial charge in [0.25, 0.3) is 0 Å².